The van der Waals surface area contributed by atoms with Crippen LogP contribution in [0.5, 0.6) is 0 Å². The van der Waals surface area contributed by atoms with E-state index in [-0.39, 0.29) is 12.3 Å². The Labute approximate surface area is 122 Å². The van der Waals surface area contributed by atoms with Crippen LogP contribution in [-0.2, 0) is 19.4 Å². The van der Waals surface area contributed by atoms with Crippen molar-refractivity contribution in [3.05, 3.63) is 0 Å². The summed E-state index contributed by atoms with van der Waals surface area (Å²) in [4.78, 5) is 35.3. The summed E-state index contributed by atoms with van der Waals surface area (Å²) in [5.74, 6) is -2.61. The smallest absolute Gasteiger partial charge is 0.318 e. The minimum Gasteiger partial charge on any atom is -0.481 e. The predicted octanol–water partition coefficient (Wildman–Crippen LogP) is -1.47. The number of nitrogens with two attached hydrogens (primary N) is 1. The molecule has 0 radical (unpaired) electrons. The fourth-order valence-electron chi connectivity index (χ4n) is 1.93. The largest absolute Gasteiger partial charge is 0.481 e. The first-order valence-electron chi connectivity index (χ1n) is 6.25. The molecular weight excluding hydrogens is 302 g/mol. The van der Waals surface area contributed by atoms with E-state index in [1.165, 1.54) is 13.8 Å². The molecule has 1 saturated heterocycles. The number of nitrogens with one attached hydrogen (secondary N) is 1. The number of urea groups is 1. The molecule has 10 heteroatoms. The van der Waals surface area contributed by atoms with Crippen LogP contribution in [0.25, 0.3) is 0 Å². The third kappa shape index (κ3) is 4.59. The lowest BCUT2D eigenvalue weighted by molar-refractivity contribution is -0.138. The van der Waals surface area contributed by atoms with Crippen LogP contribution in [0.2, 0.25) is 0 Å². The number of primary amides is 1. The fourth-order valence-corrected chi connectivity index (χ4v) is 3.45. The van der Waals surface area contributed by atoms with Gasteiger partial charge >= 0.3 is 12.0 Å². The maximum Gasteiger partial charge on any atom is 0.318 e. The van der Waals surface area contributed by atoms with E-state index in [0.29, 0.717) is 0 Å². The Hall–Kier alpha value is -1.84. The lowest BCUT2D eigenvalue weighted by Gasteiger charge is -2.36. The molecule has 4 N–H and O–H groups in total. The van der Waals surface area contributed by atoms with Gasteiger partial charge in [-0.3, -0.25) is 9.59 Å². The molecule has 3 amide bonds. The molecule has 0 bridgehead atoms. The summed E-state index contributed by atoms with van der Waals surface area (Å²) in [7, 11) is -3.38. The minimum absolute atomic E-state index is 0.124. The van der Waals surface area contributed by atoms with Gasteiger partial charge in [-0.2, -0.15) is 0 Å². The molecule has 1 unspecified atom stereocenters. The number of carbonyl (C=O) groups excluding carboxylic acids is 2. The quantitative estimate of drug-likeness (QED) is 0.576. The standard InChI is InChI=1S/C11H19N3O6S/c1-11(2,9(12)17)13-10(18)14-3-4-21(19,20)6-7(14)5-8(15)16/h7H,3-6H2,1-2H3,(H2,12,17)(H,13,18)(H,15,16). The van der Waals surface area contributed by atoms with Crippen molar-refractivity contribution in [3.8, 4) is 0 Å². The molecule has 0 spiro atoms. The highest BCUT2D eigenvalue weighted by Gasteiger charge is 2.38. The van der Waals surface area contributed by atoms with Crippen molar-refractivity contribution in [2.24, 2.45) is 5.73 Å². The number of hydrogen-bond acceptors (Lipinski definition) is 5. The number of aliphatic carboxylic acids is 1. The first-order chi connectivity index (χ1) is 9.44. The third-order valence-corrected chi connectivity index (χ3v) is 4.93. The van der Waals surface area contributed by atoms with Crippen LogP contribution in [0.1, 0.15) is 20.3 Å². The van der Waals surface area contributed by atoms with Crippen molar-refractivity contribution in [2.75, 3.05) is 18.1 Å². The van der Waals surface area contributed by atoms with E-state index in [2.05, 4.69) is 5.32 Å². The van der Waals surface area contributed by atoms with E-state index < -0.39 is 51.5 Å². The lowest BCUT2D eigenvalue weighted by Crippen LogP contribution is -2.61. The molecule has 1 atom stereocenters. The highest BCUT2D eigenvalue weighted by molar-refractivity contribution is 7.91. The maximum absolute atomic E-state index is 12.1. The Morgan fingerprint density at radius 2 is 1.95 bits per heavy atom. The highest BCUT2D eigenvalue weighted by Crippen LogP contribution is 2.16. The van der Waals surface area contributed by atoms with Crippen molar-refractivity contribution >= 4 is 27.7 Å². The molecule has 0 aromatic heterocycles. The number of hydrogen-bond donors (Lipinski definition) is 3. The predicted molar refractivity (Wildman–Crippen MR) is 73.2 cm³/mol. The first-order valence-corrected chi connectivity index (χ1v) is 8.07. The van der Waals surface area contributed by atoms with Crippen LogP contribution in [0.4, 0.5) is 4.79 Å². The average molecular weight is 321 g/mol. The van der Waals surface area contributed by atoms with Crippen LogP contribution in [0.15, 0.2) is 0 Å². The molecule has 21 heavy (non-hydrogen) atoms. The molecular formula is C11H19N3O6S. The van der Waals surface area contributed by atoms with Gasteiger partial charge in [0.25, 0.3) is 0 Å². The van der Waals surface area contributed by atoms with E-state index in [9.17, 15) is 22.8 Å². The molecule has 9 nitrogen and oxygen atoms in total. The van der Waals surface area contributed by atoms with Gasteiger partial charge in [0.05, 0.1) is 24.0 Å². The van der Waals surface area contributed by atoms with Gasteiger partial charge < -0.3 is 21.1 Å². The Kier molecular flexibility index (Phi) is 4.82. The Balaban J connectivity index is 2.90. The zero-order valence-corrected chi connectivity index (χ0v) is 12.6. The van der Waals surface area contributed by atoms with Crippen molar-refractivity contribution in [3.63, 3.8) is 0 Å². The van der Waals surface area contributed by atoms with E-state index in [4.69, 9.17) is 10.8 Å². The average Bonchev–Trinajstić information content (AvgIpc) is 2.25. The zero-order chi connectivity index (χ0) is 16.4. The Bertz CT molecular complexity index is 556. The number of sulfone groups is 1. The number of nitrogens with zero attached hydrogens (tertiary/aromatic N) is 1. The van der Waals surface area contributed by atoms with Crippen molar-refractivity contribution in [1.82, 2.24) is 10.2 Å². The topological polar surface area (TPSA) is 147 Å². The monoisotopic (exact) mass is 321 g/mol. The van der Waals surface area contributed by atoms with Crippen molar-refractivity contribution in [2.45, 2.75) is 31.8 Å². The van der Waals surface area contributed by atoms with Gasteiger partial charge in [-0.1, -0.05) is 0 Å². The first kappa shape index (κ1) is 17.2. The van der Waals surface area contributed by atoms with Crippen LogP contribution < -0.4 is 11.1 Å². The normalized spacial score (nSPS) is 21.6. The van der Waals surface area contributed by atoms with Gasteiger partial charge in [0.15, 0.2) is 9.84 Å². The molecule has 1 aliphatic rings. The molecule has 1 heterocycles. The molecule has 120 valence electrons. The van der Waals surface area contributed by atoms with Gasteiger partial charge in [-0.05, 0) is 13.8 Å². The van der Waals surface area contributed by atoms with Crippen molar-refractivity contribution in [1.29, 1.82) is 0 Å². The summed E-state index contributed by atoms with van der Waals surface area (Å²) in [5, 5.41) is 11.2. The summed E-state index contributed by atoms with van der Waals surface area (Å²) in [6, 6.07) is -1.68. The van der Waals surface area contributed by atoms with E-state index in [0.717, 1.165) is 4.90 Å². The van der Waals surface area contributed by atoms with Gasteiger partial charge in [-0.25, -0.2) is 13.2 Å². The molecule has 1 rings (SSSR count). The number of carboxylic acids is 1. The SMILES string of the molecule is CC(C)(NC(=O)N1CCS(=O)(=O)CC1CC(=O)O)C(N)=O. The van der Waals surface area contributed by atoms with Gasteiger partial charge in [0, 0.05) is 6.54 Å². The second-order valence-electron chi connectivity index (χ2n) is 5.48. The fraction of sp³-hybridized carbons (Fsp3) is 0.727. The van der Waals surface area contributed by atoms with Gasteiger partial charge in [0.2, 0.25) is 5.91 Å². The second-order valence-corrected chi connectivity index (χ2v) is 7.71. The highest BCUT2D eigenvalue weighted by atomic mass is 32.2. The Morgan fingerprint density at radius 1 is 1.38 bits per heavy atom. The summed E-state index contributed by atoms with van der Waals surface area (Å²) >= 11 is 0. The molecule has 0 aromatic carbocycles. The van der Waals surface area contributed by atoms with Crippen LogP contribution in [0, 0.1) is 0 Å². The molecule has 1 aliphatic heterocycles. The number of carboxylic acid groups (broad SMARTS) is 1. The van der Waals surface area contributed by atoms with Crippen LogP contribution in [-0.4, -0.2) is 66.0 Å². The summed E-state index contributed by atoms with van der Waals surface area (Å²) in [5.41, 5.74) is 3.83. The maximum atomic E-state index is 12.1. The Morgan fingerprint density at radius 3 is 2.43 bits per heavy atom. The number of carbonyl (C=O) groups is 3. The minimum atomic E-state index is -3.38. The van der Waals surface area contributed by atoms with Crippen LogP contribution in [0.3, 0.4) is 0 Å². The molecule has 0 saturated carbocycles. The lowest BCUT2D eigenvalue weighted by atomic mass is 10.1. The summed E-state index contributed by atoms with van der Waals surface area (Å²) < 4.78 is 23.2. The van der Waals surface area contributed by atoms with Gasteiger partial charge in [-0.15, -0.1) is 0 Å². The summed E-state index contributed by atoms with van der Waals surface area (Å²) in [6.45, 7) is 2.68. The molecule has 0 aliphatic carbocycles. The van der Waals surface area contributed by atoms with Crippen molar-refractivity contribution < 1.29 is 27.9 Å². The summed E-state index contributed by atoms with van der Waals surface area (Å²) in [6.07, 6.45) is -0.482. The van der Waals surface area contributed by atoms with E-state index >= 15 is 0 Å². The number of amides is 3. The van der Waals surface area contributed by atoms with Crippen LogP contribution >= 0.6 is 0 Å². The second kappa shape index (κ2) is 5.88. The molecule has 1 fully saturated rings. The van der Waals surface area contributed by atoms with Gasteiger partial charge in [0.1, 0.15) is 5.54 Å². The number of rotatable bonds is 4. The van der Waals surface area contributed by atoms with E-state index in [1.54, 1.807) is 0 Å². The third-order valence-electron chi connectivity index (χ3n) is 3.24. The van der Waals surface area contributed by atoms with E-state index in [1.807, 2.05) is 0 Å². The molecule has 0 aromatic rings. The zero-order valence-electron chi connectivity index (χ0n) is 11.8.